The third-order valence-electron chi connectivity index (χ3n) is 2.45. The predicted octanol–water partition coefficient (Wildman–Crippen LogP) is 2.97. The molecular weight excluding hydrogens is 184 g/mol. The van der Waals surface area contributed by atoms with E-state index in [1.807, 2.05) is 42.5 Å². The average molecular weight is 193 g/mol. The number of hydrogen-bond acceptors (Lipinski definition) is 2. The van der Waals surface area contributed by atoms with Crippen LogP contribution >= 0.6 is 0 Å². The predicted molar refractivity (Wildman–Crippen MR) is 61.5 cm³/mol. The lowest BCUT2D eigenvalue weighted by Crippen LogP contribution is -1.88. The number of nitrogens with zero attached hydrogens (tertiary/aromatic N) is 2. The second-order valence-electron chi connectivity index (χ2n) is 3.50. The topological polar surface area (TPSA) is 25.8 Å². The molecule has 3 rings (SSSR count). The van der Waals surface area contributed by atoms with E-state index in [-0.39, 0.29) is 0 Å². The molecule has 0 saturated heterocycles. The van der Waals surface area contributed by atoms with Gasteiger partial charge in [-0.25, -0.2) is 9.97 Å². The van der Waals surface area contributed by atoms with Crippen molar-refractivity contribution in [3.63, 3.8) is 0 Å². The summed E-state index contributed by atoms with van der Waals surface area (Å²) in [4.78, 5) is 9.09. The van der Waals surface area contributed by atoms with Crippen molar-refractivity contribution in [2.75, 3.05) is 0 Å². The van der Waals surface area contributed by atoms with Crippen molar-refractivity contribution in [3.05, 3.63) is 55.0 Å². The first-order chi connectivity index (χ1) is 7.34. The maximum absolute atomic E-state index is 4.55. The summed E-state index contributed by atoms with van der Waals surface area (Å²) in [6, 6.07) is 13.7. The van der Waals surface area contributed by atoms with Gasteiger partial charge < -0.3 is 0 Å². The van der Waals surface area contributed by atoms with Crippen molar-refractivity contribution < 1.29 is 0 Å². The zero-order valence-electron chi connectivity index (χ0n) is 8.14. The molecule has 1 aromatic heterocycles. The van der Waals surface area contributed by atoms with Crippen LogP contribution in [0.1, 0.15) is 5.56 Å². The largest absolute Gasteiger partial charge is 0.244 e. The Morgan fingerprint density at radius 1 is 0.733 bits per heavy atom. The van der Waals surface area contributed by atoms with Crippen LogP contribution in [-0.2, 0) is 0 Å². The molecule has 0 aliphatic carbocycles. The van der Waals surface area contributed by atoms with E-state index in [1.165, 1.54) is 0 Å². The number of para-hydroxylation sites is 3. The second-order valence-corrected chi connectivity index (χ2v) is 3.50. The summed E-state index contributed by atoms with van der Waals surface area (Å²) in [6.45, 7) is 3.95. The highest BCUT2D eigenvalue weighted by Gasteiger charge is 2.01. The number of fused-ring (bicyclic) bond motifs is 2. The number of benzene rings is 2. The molecule has 0 unspecified atom stereocenters. The lowest BCUT2D eigenvalue weighted by atomic mass is 10.2. The molecule has 0 spiro atoms. The molecule has 0 atom stereocenters. The maximum Gasteiger partial charge on any atom is 0.0926 e. The molecule has 2 heteroatoms. The Hall–Kier alpha value is -1.96. The van der Waals surface area contributed by atoms with E-state index in [4.69, 9.17) is 0 Å². The number of rotatable bonds is 0. The van der Waals surface area contributed by atoms with Gasteiger partial charge >= 0.3 is 0 Å². The first-order valence-corrected chi connectivity index (χ1v) is 4.82. The second kappa shape index (κ2) is 3.02. The van der Waals surface area contributed by atoms with E-state index in [9.17, 15) is 0 Å². The molecule has 1 radical (unpaired) electrons. The quantitative estimate of drug-likeness (QED) is 0.513. The molecular formula is C13H9N2. The van der Waals surface area contributed by atoms with Crippen LogP contribution in [0.2, 0.25) is 0 Å². The molecule has 2 aromatic carbocycles. The van der Waals surface area contributed by atoms with Gasteiger partial charge in [-0.3, -0.25) is 0 Å². The van der Waals surface area contributed by atoms with Crippen molar-refractivity contribution >= 4 is 22.1 Å². The lowest BCUT2D eigenvalue weighted by Gasteiger charge is -2.02. The standard InChI is InChI=1S/C13H9N2/c1-9-5-4-8-12-13(9)15-11-7-3-2-6-10(11)14-12/h2-8H,1H2. The van der Waals surface area contributed by atoms with Crippen LogP contribution in [-0.4, -0.2) is 9.97 Å². The molecule has 2 nitrogen and oxygen atoms in total. The SMILES string of the molecule is [CH2]c1cccc2nc3ccccc3nc12. The summed E-state index contributed by atoms with van der Waals surface area (Å²) in [5.41, 5.74) is 4.56. The Kier molecular flexibility index (Phi) is 1.68. The average Bonchev–Trinajstić information content (AvgIpc) is 2.27. The zero-order valence-corrected chi connectivity index (χ0v) is 8.14. The fourth-order valence-electron chi connectivity index (χ4n) is 1.70. The third-order valence-corrected chi connectivity index (χ3v) is 2.45. The molecule has 0 bridgehead atoms. The van der Waals surface area contributed by atoms with Crippen molar-refractivity contribution in [2.45, 2.75) is 0 Å². The van der Waals surface area contributed by atoms with Gasteiger partial charge in [-0.05, 0) is 30.7 Å². The minimum absolute atomic E-state index is 0.885. The summed E-state index contributed by atoms with van der Waals surface area (Å²) in [5, 5.41) is 0. The van der Waals surface area contributed by atoms with E-state index >= 15 is 0 Å². The van der Waals surface area contributed by atoms with Crippen molar-refractivity contribution in [1.82, 2.24) is 9.97 Å². The van der Waals surface area contributed by atoms with Gasteiger partial charge in [0, 0.05) is 0 Å². The highest BCUT2D eigenvalue weighted by atomic mass is 14.8. The van der Waals surface area contributed by atoms with Crippen molar-refractivity contribution in [1.29, 1.82) is 0 Å². The monoisotopic (exact) mass is 193 g/mol. The van der Waals surface area contributed by atoms with Gasteiger partial charge in [0.1, 0.15) is 0 Å². The van der Waals surface area contributed by atoms with Crippen LogP contribution in [0.25, 0.3) is 22.1 Å². The van der Waals surface area contributed by atoms with Crippen molar-refractivity contribution in [2.24, 2.45) is 0 Å². The van der Waals surface area contributed by atoms with Crippen LogP contribution < -0.4 is 0 Å². The molecule has 0 aliphatic rings. The van der Waals surface area contributed by atoms with E-state index in [1.54, 1.807) is 0 Å². The summed E-state index contributed by atoms with van der Waals surface area (Å²) < 4.78 is 0. The van der Waals surface area contributed by atoms with Crippen LogP contribution in [0, 0.1) is 6.92 Å². The highest BCUT2D eigenvalue weighted by Crippen LogP contribution is 2.18. The van der Waals surface area contributed by atoms with Gasteiger partial charge in [0.15, 0.2) is 0 Å². The van der Waals surface area contributed by atoms with Gasteiger partial charge in [-0.15, -0.1) is 0 Å². The molecule has 0 fully saturated rings. The highest BCUT2D eigenvalue weighted by molar-refractivity contribution is 5.88. The van der Waals surface area contributed by atoms with Gasteiger partial charge in [0.25, 0.3) is 0 Å². The van der Waals surface area contributed by atoms with Gasteiger partial charge in [0.2, 0.25) is 0 Å². The van der Waals surface area contributed by atoms with Gasteiger partial charge in [-0.1, -0.05) is 24.3 Å². The third kappa shape index (κ3) is 1.26. The fourth-order valence-corrected chi connectivity index (χ4v) is 1.70. The van der Waals surface area contributed by atoms with Crippen LogP contribution in [0.5, 0.6) is 0 Å². The zero-order chi connectivity index (χ0) is 10.3. The Morgan fingerprint density at radius 2 is 1.40 bits per heavy atom. The summed E-state index contributed by atoms with van der Waals surface area (Å²) in [6.07, 6.45) is 0. The Labute approximate surface area is 87.6 Å². The minimum Gasteiger partial charge on any atom is -0.244 e. The Balaban J connectivity index is 2.53. The summed E-state index contributed by atoms with van der Waals surface area (Å²) in [5.74, 6) is 0. The molecule has 71 valence electrons. The molecule has 0 aliphatic heterocycles. The lowest BCUT2D eigenvalue weighted by molar-refractivity contribution is 1.38. The van der Waals surface area contributed by atoms with E-state index < -0.39 is 0 Å². The van der Waals surface area contributed by atoms with E-state index in [0.29, 0.717) is 0 Å². The van der Waals surface area contributed by atoms with Gasteiger partial charge in [0.05, 0.1) is 22.1 Å². The van der Waals surface area contributed by atoms with E-state index in [2.05, 4.69) is 16.9 Å². The maximum atomic E-state index is 4.55. The minimum atomic E-state index is 0.885. The first-order valence-electron chi connectivity index (χ1n) is 4.82. The molecule has 0 saturated carbocycles. The molecule has 15 heavy (non-hydrogen) atoms. The first kappa shape index (κ1) is 8.36. The Bertz CT molecular complexity index is 644. The molecule has 0 N–H and O–H groups in total. The van der Waals surface area contributed by atoms with Crippen molar-refractivity contribution in [3.8, 4) is 0 Å². The fraction of sp³-hybridized carbons (Fsp3) is 0. The van der Waals surface area contributed by atoms with Crippen LogP contribution in [0.4, 0.5) is 0 Å². The van der Waals surface area contributed by atoms with Crippen LogP contribution in [0.3, 0.4) is 0 Å². The smallest absolute Gasteiger partial charge is 0.0926 e. The van der Waals surface area contributed by atoms with Crippen LogP contribution in [0.15, 0.2) is 42.5 Å². The summed E-state index contributed by atoms with van der Waals surface area (Å²) >= 11 is 0. The number of aromatic nitrogens is 2. The molecule has 3 aromatic rings. The Morgan fingerprint density at radius 3 is 2.20 bits per heavy atom. The normalized spacial score (nSPS) is 11.0. The van der Waals surface area contributed by atoms with Gasteiger partial charge in [-0.2, -0.15) is 0 Å². The molecule has 0 amide bonds. The number of hydrogen-bond donors (Lipinski definition) is 0. The molecule has 1 heterocycles. The van der Waals surface area contributed by atoms with E-state index in [0.717, 1.165) is 27.6 Å². The summed E-state index contributed by atoms with van der Waals surface area (Å²) in [7, 11) is 0.